The van der Waals surface area contributed by atoms with Gasteiger partial charge in [-0.3, -0.25) is 0 Å². The minimum atomic E-state index is -0.673. The second-order valence-corrected chi connectivity index (χ2v) is 8.67. The van der Waals surface area contributed by atoms with E-state index >= 15 is 0 Å². The highest BCUT2D eigenvalue weighted by molar-refractivity contribution is 6.31. The molecular weight excluding hydrogens is 399 g/mol. The van der Waals surface area contributed by atoms with Crippen molar-refractivity contribution >= 4 is 46.4 Å². The largest absolute Gasteiger partial charge is 0.443 e. The number of amides is 1. The third-order valence-corrected chi connectivity index (χ3v) is 4.77. The Bertz CT molecular complexity index is 1050. The topological polar surface area (TPSA) is 59.7 Å². The number of ether oxygens (including phenoxy) is 1. The smallest absolute Gasteiger partial charge is 0.420 e. The quantitative estimate of drug-likeness (QED) is 0.490. The van der Waals surface area contributed by atoms with E-state index in [4.69, 9.17) is 27.9 Å². The van der Waals surface area contributed by atoms with Crippen molar-refractivity contribution in [3.05, 3.63) is 52.3 Å². The second kappa shape index (κ2) is 6.94. The Morgan fingerprint density at radius 2 is 2.00 bits per heavy atom. The molecule has 0 N–H and O–H groups in total. The van der Waals surface area contributed by atoms with Gasteiger partial charge in [-0.1, -0.05) is 29.3 Å². The third kappa shape index (κ3) is 3.80. The first kappa shape index (κ1) is 19.0. The number of hydrogen-bond donors (Lipinski definition) is 0. The first-order valence-electron chi connectivity index (χ1n) is 9.06. The minimum Gasteiger partial charge on any atom is -0.443 e. The highest BCUT2D eigenvalue weighted by Crippen LogP contribution is 2.42. The molecule has 0 aliphatic heterocycles. The highest BCUT2D eigenvalue weighted by Gasteiger charge is 2.31. The van der Waals surface area contributed by atoms with Crippen molar-refractivity contribution in [2.45, 2.75) is 45.1 Å². The van der Waals surface area contributed by atoms with Crippen LogP contribution in [0.1, 0.15) is 45.1 Å². The van der Waals surface area contributed by atoms with E-state index in [-0.39, 0.29) is 5.15 Å². The molecule has 0 saturated heterocycles. The Balaban J connectivity index is 1.90. The van der Waals surface area contributed by atoms with Crippen molar-refractivity contribution < 1.29 is 9.53 Å². The van der Waals surface area contributed by atoms with E-state index in [1.807, 2.05) is 20.8 Å². The van der Waals surface area contributed by atoms with Crippen molar-refractivity contribution in [3.63, 3.8) is 0 Å². The summed E-state index contributed by atoms with van der Waals surface area (Å²) < 4.78 is 7.27. The Morgan fingerprint density at radius 1 is 1.25 bits per heavy atom. The van der Waals surface area contributed by atoms with Crippen LogP contribution in [0.25, 0.3) is 5.65 Å². The van der Waals surface area contributed by atoms with Gasteiger partial charge < -0.3 is 4.74 Å². The summed E-state index contributed by atoms with van der Waals surface area (Å²) in [5.74, 6) is 0.885. The number of hydrogen-bond acceptors (Lipinski definition) is 4. The number of anilines is 2. The molecule has 1 amide bonds. The van der Waals surface area contributed by atoms with Gasteiger partial charge in [0, 0.05) is 16.7 Å². The predicted molar refractivity (Wildman–Crippen MR) is 110 cm³/mol. The summed E-state index contributed by atoms with van der Waals surface area (Å²) in [4.78, 5) is 19.0. The zero-order valence-corrected chi connectivity index (χ0v) is 17.3. The lowest BCUT2D eigenvalue weighted by atomic mass is 10.2. The number of halogens is 2. The van der Waals surface area contributed by atoms with E-state index in [1.165, 1.54) is 4.90 Å². The number of carbonyl (C=O) groups is 1. The molecular formula is C20H20Cl2N4O2. The fourth-order valence-corrected chi connectivity index (χ4v) is 3.39. The lowest BCUT2D eigenvalue weighted by molar-refractivity contribution is 0.0597. The van der Waals surface area contributed by atoms with E-state index in [2.05, 4.69) is 10.1 Å². The van der Waals surface area contributed by atoms with E-state index in [0.29, 0.717) is 28.1 Å². The first-order chi connectivity index (χ1) is 13.2. The number of fused-ring (bicyclic) bond motifs is 1. The van der Waals surface area contributed by atoms with Gasteiger partial charge in [0.25, 0.3) is 0 Å². The molecule has 1 fully saturated rings. The molecule has 4 rings (SSSR count). The first-order valence-corrected chi connectivity index (χ1v) is 9.81. The van der Waals surface area contributed by atoms with E-state index in [9.17, 15) is 4.79 Å². The maximum atomic E-state index is 13.1. The number of nitrogens with zero attached hydrogens (tertiary/aromatic N) is 4. The van der Waals surface area contributed by atoms with Crippen LogP contribution in [-0.2, 0) is 4.74 Å². The monoisotopic (exact) mass is 418 g/mol. The fraction of sp³-hybridized carbons (Fsp3) is 0.350. The number of aromatic nitrogens is 3. The van der Waals surface area contributed by atoms with Gasteiger partial charge >= 0.3 is 6.09 Å². The molecule has 0 radical (unpaired) electrons. The molecule has 6 nitrogen and oxygen atoms in total. The van der Waals surface area contributed by atoms with Crippen molar-refractivity contribution in [1.29, 1.82) is 0 Å². The van der Waals surface area contributed by atoms with Crippen LogP contribution in [0.2, 0.25) is 10.2 Å². The summed E-state index contributed by atoms with van der Waals surface area (Å²) in [6.07, 6.45) is 3.46. The molecule has 0 bridgehead atoms. The number of benzene rings is 1. The van der Waals surface area contributed by atoms with E-state index < -0.39 is 11.7 Å². The van der Waals surface area contributed by atoms with Gasteiger partial charge in [0.05, 0.1) is 11.9 Å². The van der Waals surface area contributed by atoms with Gasteiger partial charge in [-0.2, -0.15) is 9.61 Å². The molecule has 0 spiro atoms. The van der Waals surface area contributed by atoms with Crippen molar-refractivity contribution in [2.24, 2.45) is 0 Å². The molecule has 146 valence electrons. The molecule has 2 aromatic heterocycles. The van der Waals surface area contributed by atoms with Gasteiger partial charge in [-0.15, -0.1) is 0 Å². The minimum absolute atomic E-state index is 0.278. The maximum absolute atomic E-state index is 13.1. The summed E-state index contributed by atoms with van der Waals surface area (Å²) >= 11 is 12.5. The SMILES string of the molecule is CC(C)(C)OC(=O)N(c1cccc(Cl)c1)c1cc(Cl)nc2c(C3CC3)cnn12. The summed E-state index contributed by atoms with van der Waals surface area (Å²) in [5.41, 5.74) is 1.57. The lowest BCUT2D eigenvalue weighted by Gasteiger charge is -2.27. The summed E-state index contributed by atoms with van der Waals surface area (Å²) in [7, 11) is 0. The Morgan fingerprint density at radius 3 is 2.64 bits per heavy atom. The van der Waals surface area contributed by atoms with Crippen LogP contribution in [0.15, 0.2) is 36.5 Å². The molecule has 28 heavy (non-hydrogen) atoms. The van der Waals surface area contributed by atoms with E-state index in [1.54, 1.807) is 41.0 Å². The average Bonchev–Trinajstić information content (AvgIpc) is 3.33. The fourth-order valence-electron chi connectivity index (χ4n) is 3.03. The summed E-state index contributed by atoms with van der Waals surface area (Å²) in [5, 5.41) is 5.26. The molecule has 0 atom stereocenters. The standard InChI is InChI=1S/C20H20Cl2N4O2/c1-20(2,3)28-19(27)25(14-6-4-5-13(21)9-14)17-10-16(22)24-18-15(12-7-8-12)11-23-26(17)18/h4-6,9-12H,7-8H2,1-3H3. The van der Waals surface area contributed by atoms with Crippen molar-refractivity contribution in [3.8, 4) is 0 Å². The Kier molecular flexibility index (Phi) is 4.71. The molecule has 1 aliphatic carbocycles. The van der Waals surface area contributed by atoms with Gasteiger partial charge in [0.1, 0.15) is 16.6 Å². The molecule has 2 heterocycles. The van der Waals surface area contributed by atoms with Crippen LogP contribution >= 0.6 is 23.2 Å². The zero-order chi connectivity index (χ0) is 20.1. The molecule has 1 aliphatic rings. The molecule has 0 unspecified atom stereocenters. The van der Waals surface area contributed by atoms with Crippen LogP contribution < -0.4 is 4.90 Å². The van der Waals surface area contributed by atoms with Gasteiger partial charge in [-0.05, 0) is 57.7 Å². The van der Waals surface area contributed by atoms with Gasteiger partial charge in [0.15, 0.2) is 5.65 Å². The summed E-state index contributed by atoms with van der Waals surface area (Å²) in [6, 6.07) is 8.58. The van der Waals surface area contributed by atoms with Crippen LogP contribution in [0, 0.1) is 0 Å². The third-order valence-electron chi connectivity index (χ3n) is 4.34. The lowest BCUT2D eigenvalue weighted by Crippen LogP contribution is -2.35. The number of rotatable bonds is 3. The van der Waals surface area contributed by atoms with Crippen LogP contribution in [0.4, 0.5) is 16.3 Å². The van der Waals surface area contributed by atoms with Crippen LogP contribution in [0.3, 0.4) is 0 Å². The average molecular weight is 419 g/mol. The molecule has 1 saturated carbocycles. The zero-order valence-electron chi connectivity index (χ0n) is 15.8. The van der Waals surface area contributed by atoms with Gasteiger partial charge in [0.2, 0.25) is 0 Å². The van der Waals surface area contributed by atoms with Crippen molar-refractivity contribution in [1.82, 2.24) is 14.6 Å². The maximum Gasteiger partial charge on any atom is 0.420 e. The Labute approximate surface area is 173 Å². The summed E-state index contributed by atoms with van der Waals surface area (Å²) in [6.45, 7) is 5.44. The van der Waals surface area contributed by atoms with Crippen molar-refractivity contribution in [2.75, 3.05) is 4.90 Å². The van der Waals surface area contributed by atoms with Crippen LogP contribution in [-0.4, -0.2) is 26.3 Å². The number of carbonyl (C=O) groups excluding carboxylic acids is 1. The van der Waals surface area contributed by atoms with E-state index in [0.717, 1.165) is 18.4 Å². The Hall–Kier alpha value is -2.31. The van der Waals surface area contributed by atoms with Gasteiger partial charge in [-0.25, -0.2) is 14.7 Å². The molecule has 1 aromatic carbocycles. The predicted octanol–water partition coefficient (Wildman–Crippen LogP) is 5.99. The molecule has 3 aromatic rings. The molecule has 8 heteroatoms. The normalized spacial score (nSPS) is 14.3. The van der Waals surface area contributed by atoms with Crippen LogP contribution in [0.5, 0.6) is 0 Å². The highest BCUT2D eigenvalue weighted by atomic mass is 35.5. The second-order valence-electron chi connectivity index (χ2n) is 7.84.